The van der Waals surface area contributed by atoms with Crippen molar-refractivity contribution >= 4 is 27.0 Å². The van der Waals surface area contributed by atoms with E-state index in [1.54, 1.807) is 12.1 Å². The number of aliphatic hydroxyl groups is 1. The molecule has 1 N–H and O–H groups in total. The molecule has 6 heteroatoms. The molecule has 2 heterocycles. The summed E-state index contributed by atoms with van der Waals surface area (Å²) >= 11 is 1.13. The molecule has 0 fully saturated rings. The molecule has 2 aromatic rings. The maximum Gasteiger partial charge on any atom is 0.273 e. The molecule has 1 aliphatic heterocycles. The maximum atomic E-state index is 12.8. The summed E-state index contributed by atoms with van der Waals surface area (Å²) in [6.07, 6.45) is 1.74. The molecule has 0 radical (unpaired) electrons. The minimum absolute atomic E-state index is 0.129. The zero-order valence-electron chi connectivity index (χ0n) is 11.7. The first-order valence-electron chi connectivity index (χ1n) is 6.84. The van der Waals surface area contributed by atoms with E-state index in [0.29, 0.717) is 15.6 Å². The van der Waals surface area contributed by atoms with Gasteiger partial charge >= 0.3 is 0 Å². The van der Waals surface area contributed by atoms with Crippen LogP contribution in [-0.2, 0) is 23.1 Å². The van der Waals surface area contributed by atoms with Crippen LogP contribution in [-0.4, -0.2) is 20.1 Å². The van der Waals surface area contributed by atoms with Crippen LogP contribution in [0.25, 0.3) is 0 Å². The van der Waals surface area contributed by atoms with E-state index in [-0.39, 0.29) is 6.61 Å². The van der Waals surface area contributed by atoms with E-state index in [0.717, 1.165) is 41.0 Å². The van der Waals surface area contributed by atoms with Gasteiger partial charge in [-0.2, -0.15) is 0 Å². The Morgan fingerprint density at radius 1 is 1.29 bits per heavy atom. The fraction of sp³-hybridized carbons (Fsp3) is 0.333. The Hall–Kier alpha value is -1.37. The molecule has 0 bridgehead atoms. The molecule has 112 valence electrons. The molecule has 1 aromatic heterocycles. The predicted molar refractivity (Wildman–Crippen MR) is 84.3 cm³/mol. The summed E-state index contributed by atoms with van der Waals surface area (Å²) < 4.78 is 27.4. The number of aryl methyl sites for hydroxylation is 2. The lowest BCUT2D eigenvalue weighted by Gasteiger charge is -2.30. The zero-order chi connectivity index (χ0) is 15.0. The number of aliphatic hydroxyl groups excluding tert-OH is 1. The van der Waals surface area contributed by atoms with E-state index in [1.807, 2.05) is 19.1 Å². The van der Waals surface area contributed by atoms with Crippen molar-refractivity contribution in [2.45, 2.75) is 30.6 Å². The van der Waals surface area contributed by atoms with Crippen LogP contribution >= 0.6 is 11.3 Å². The number of anilines is 1. The smallest absolute Gasteiger partial charge is 0.273 e. The summed E-state index contributed by atoms with van der Waals surface area (Å²) in [5, 5.41) is 9.12. The van der Waals surface area contributed by atoms with Gasteiger partial charge in [0.1, 0.15) is 4.21 Å². The van der Waals surface area contributed by atoms with Crippen LogP contribution in [0.5, 0.6) is 0 Å². The van der Waals surface area contributed by atoms with E-state index in [4.69, 9.17) is 5.11 Å². The summed E-state index contributed by atoms with van der Waals surface area (Å²) in [4.78, 5) is 0.662. The van der Waals surface area contributed by atoms with Crippen LogP contribution in [0.4, 0.5) is 5.69 Å². The van der Waals surface area contributed by atoms with Crippen LogP contribution in [0, 0.1) is 6.92 Å². The van der Waals surface area contributed by atoms with Crippen molar-refractivity contribution < 1.29 is 13.5 Å². The van der Waals surface area contributed by atoms with E-state index < -0.39 is 10.0 Å². The number of sulfonamides is 1. The number of hydrogen-bond acceptors (Lipinski definition) is 4. The van der Waals surface area contributed by atoms with Crippen LogP contribution in [0.15, 0.2) is 34.5 Å². The molecule has 21 heavy (non-hydrogen) atoms. The Labute approximate surface area is 128 Å². The lowest BCUT2D eigenvalue weighted by molar-refractivity contribution is 0.285. The largest absolute Gasteiger partial charge is 0.391 e. The molecular weight excluding hydrogens is 306 g/mol. The number of hydrogen-bond donors (Lipinski definition) is 1. The molecule has 3 rings (SSSR count). The van der Waals surface area contributed by atoms with Gasteiger partial charge in [-0.15, -0.1) is 11.3 Å². The Balaban J connectivity index is 2.05. The average Bonchev–Trinajstić information content (AvgIpc) is 2.96. The highest BCUT2D eigenvalue weighted by molar-refractivity contribution is 7.94. The molecule has 0 atom stereocenters. The van der Waals surface area contributed by atoms with Crippen molar-refractivity contribution in [2.24, 2.45) is 0 Å². The molecule has 1 aromatic carbocycles. The fourth-order valence-corrected chi connectivity index (χ4v) is 5.50. The summed E-state index contributed by atoms with van der Waals surface area (Å²) in [5.41, 5.74) is 3.02. The van der Waals surface area contributed by atoms with E-state index >= 15 is 0 Å². The third-order valence-electron chi connectivity index (χ3n) is 3.65. The van der Waals surface area contributed by atoms with Gasteiger partial charge in [0.25, 0.3) is 10.0 Å². The number of thiophene rings is 1. The molecule has 1 aliphatic rings. The predicted octanol–water partition coefficient (Wildman–Crippen LogP) is 2.69. The fourth-order valence-electron chi connectivity index (χ4n) is 2.63. The first-order chi connectivity index (χ1) is 10.0. The molecule has 0 spiro atoms. The van der Waals surface area contributed by atoms with E-state index in [9.17, 15) is 8.42 Å². The van der Waals surface area contributed by atoms with Crippen molar-refractivity contribution in [3.8, 4) is 0 Å². The van der Waals surface area contributed by atoms with Gasteiger partial charge in [-0.1, -0.05) is 17.7 Å². The van der Waals surface area contributed by atoms with Crippen molar-refractivity contribution in [2.75, 3.05) is 10.8 Å². The molecule has 0 amide bonds. The van der Waals surface area contributed by atoms with Crippen LogP contribution in [0.1, 0.15) is 22.4 Å². The van der Waals surface area contributed by atoms with Gasteiger partial charge in [-0.05, 0) is 43.5 Å². The van der Waals surface area contributed by atoms with Crippen LogP contribution in [0.3, 0.4) is 0 Å². The monoisotopic (exact) mass is 323 g/mol. The Morgan fingerprint density at radius 3 is 2.81 bits per heavy atom. The second-order valence-electron chi connectivity index (χ2n) is 5.19. The van der Waals surface area contributed by atoms with Gasteiger partial charge in [0, 0.05) is 11.4 Å². The SMILES string of the molecule is Cc1ccc2c(c1)CCCN2S(=O)(=O)c1ccc(CO)s1. The van der Waals surface area contributed by atoms with Crippen LogP contribution in [0.2, 0.25) is 0 Å². The van der Waals surface area contributed by atoms with Gasteiger partial charge in [0.05, 0.1) is 12.3 Å². The highest BCUT2D eigenvalue weighted by atomic mass is 32.2. The quantitative estimate of drug-likeness (QED) is 0.945. The lowest BCUT2D eigenvalue weighted by atomic mass is 10.0. The minimum atomic E-state index is -3.54. The number of fused-ring (bicyclic) bond motifs is 1. The Kier molecular flexibility index (Phi) is 3.77. The highest BCUT2D eigenvalue weighted by Crippen LogP contribution is 2.34. The van der Waals surface area contributed by atoms with Gasteiger partial charge in [0.15, 0.2) is 0 Å². The molecular formula is C15H17NO3S2. The van der Waals surface area contributed by atoms with Crippen LogP contribution < -0.4 is 4.31 Å². The summed E-state index contributed by atoms with van der Waals surface area (Å²) in [7, 11) is -3.54. The Bertz CT molecular complexity index is 765. The third-order valence-corrected chi connectivity index (χ3v) is 7.00. The average molecular weight is 323 g/mol. The van der Waals surface area contributed by atoms with E-state index in [1.165, 1.54) is 4.31 Å². The maximum absolute atomic E-state index is 12.8. The highest BCUT2D eigenvalue weighted by Gasteiger charge is 2.30. The van der Waals surface area contributed by atoms with Gasteiger partial charge in [-0.3, -0.25) is 4.31 Å². The lowest BCUT2D eigenvalue weighted by Crippen LogP contribution is -2.35. The minimum Gasteiger partial charge on any atom is -0.391 e. The topological polar surface area (TPSA) is 57.6 Å². The third kappa shape index (κ3) is 2.59. The van der Waals surface area contributed by atoms with E-state index in [2.05, 4.69) is 6.07 Å². The van der Waals surface area contributed by atoms with Gasteiger partial charge in [-0.25, -0.2) is 8.42 Å². The molecule has 0 aliphatic carbocycles. The van der Waals surface area contributed by atoms with Crippen molar-refractivity contribution in [3.63, 3.8) is 0 Å². The molecule has 0 saturated carbocycles. The molecule has 0 saturated heterocycles. The number of nitrogens with zero attached hydrogens (tertiary/aromatic N) is 1. The second kappa shape index (κ2) is 5.44. The van der Waals surface area contributed by atoms with Crippen molar-refractivity contribution in [1.82, 2.24) is 0 Å². The number of benzene rings is 1. The zero-order valence-corrected chi connectivity index (χ0v) is 13.4. The first kappa shape index (κ1) is 14.6. The molecule has 4 nitrogen and oxygen atoms in total. The van der Waals surface area contributed by atoms with Crippen molar-refractivity contribution in [3.05, 3.63) is 46.3 Å². The van der Waals surface area contributed by atoms with Gasteiger partial charge < -0.3 is 5.11 Å². The number of rotatable bonds is 3. The normalized spacial score (nSPS) is 15.0. The summed E-state index contributed by atoms with van der Waals surface area (Å²) in [5.74, 6) is 0. The Morgan fingerprint density at radius 2 is 2.10 bits per heavy atom. The second-order valence-corrected chi connectivity index (χ2v) is 8.45. The molecule has 0 unspecified atom stereocenters. The van der Waals surface area contributed by atoms with Gasteiger partial charge in [0.2, 0.25) is 0 Å². The standard InChI is InChI=1S/C15H17NO3S2/c1-11-4-6-14-12(9-11)3-2-8-16(14)21(18,19)15-7-5-13(10-17)20-15/h4-7,9,17H,2-3,8,10H2,1H3. The first-order valence-corrected chi connectivity index (χ1v) is 9.10. The summed E-state index contributed by atoms with van der Waals surface area (Å²) in [6, 6.07) is 9.14. The summed E-state index contributed by atoms with van der Waals surface area (Å²) in [6.45, 7) is 2.39. The van der Waals surface area contributed by atoms with Crippen molar-refractivity contribution in [1.29, 1.82) is 0 Å².